The van der Waals surface area contributed by atoms with Crippen molar-refractivity contribution >= 4 is 0 Å². The minimum atomic E-state index is 0.293. The lowest BCUT2D eigenvalue weighted by molar-refractivity contribution is -0.671. The molecule has 1 aromatic rings. The molecule has 0 aromatic carbocycles. The number of rotatable bonds is 3. The molecule has 68 valence electrons. The lowest BCUT2D eigenvalue weighted by Crippen LogP contribution is -2.31. The van der Waals surface area contributed by atoms with Crippen molar-refractivity contribution in [3.05, 3.63) is 18.7 Å². The highest BCUT2D eigenvalue weighted by molar-refractivity contribution is 4.83. The van der Waals surface area contributed by atoms with Gasteiger partial charge in [-0.3, -0.25) is 0 Å². The highest BCUT2D eigenvalue weighted by atomic mass is 15.1. The molecule has 0 saturated carbocycles. The van der Waals surface area contributed by atoms with Crippen molar-refractivity contribution in [3.8, 4) is 0 Å². The molecule has 2 heteroatoms. The predicted octanol–water partition coefficient (Wildman–Crippen LogP) is 1.85. The Bertz CT molecular complexity index is 246. The van der Waals surface area contributed by atoms with E-state index in [2.05, 4.69) is 55.7 Å². The Kier molecular flexibility index (Phi) is 2.55. The number of nitrogens with zero attached hydrogens (tertiary/aromatic N) is 2. The van der Waals surface area contributed by atoms with E-state index in [9.17, 15) is 0 Å². The highest BCUT2D eigenvalue weighted by Crippen LogP contribution is 2.22. The van der Waals surface area contributed by atoms with Crippen molar-refractivity contribution in [1.29, 1.82) is 0 Å². The van der Waals surface area contributed by atoms with Crippen LogP contribution in [0, 0.1) is 0 Å². The van der Waals surface area contributed by atoms with Gasteiger partial charge in [0.1, 0.15) is 17.9 Å². The zero-order valence-electron chi connectivity index (χ0n) is 8.54. The summed E-state index contributed by atoms with van der Waals surface area (Å²) in [5.74, 6) is 0. The summed E-state index contributed by atoms with van der Waals surface area (Å²) in [5, 5.41) is 0. The van der Waals surface area contributed by atoms with Crippen LogP contribution in [0.4, 0.5) is 0 Å². The van der Waals surface area contributed by atoms with Crippen molar-refractivity contribution in [1.82, 2.24) is 4.57 Å². The molecule has 12 heavy (non-hydrogen) atoms. The van der Waals surface area contributed by atoms with Crippen LogP contribution in [0.1, 0.15) is 33.6 Å². The van der Waals surface area contributed by atoms with Gasteiger partial charge >= 0.3 is 0 Å². The van der Waals surface area contributed by atoms with Crippen molar-refractivity contribution in [2.45, 2.75) is 39.2 Å². The first-order chi connectivity index (χ1) is 5.62. The molecule has 0 atom stereocenters. The van der Waals surface area contributed by atoms with Crippen LogP contribution in [0.3, 0.4) is 0 Å². The molecule has 1 aromatic heterocycles. The Morgan fingerprint density at radius 1 is 1.33 bits per heavy atom. The third-order valence-corrected chi connectivity index (χ3v) is 2.92. The van der Waals surface area contributed by atoms with E-state index in [-0.39, 0.29) is 0 Å². The fourth-order valence-corrected chi connectivity index (χ4v) is 1.38. The Morgan fingerprint density at radius 2 is 1.92 bits per heavy atom. The monoisotopic (exact) mass is 167 g/mol. The predicted molar refractivity (Wildman–Crippen MR) is 49.8 cm³/mol. The van der Waals surface area contributed by atoms with E-state index in [1.54, 1.807) is 0 Å². The van der Waals surface area contributed by atoms with E-state index in [0.29, 0.717) is 5.54 Å². The van der Waals surface area contributed by atoms with Gasteiger partial charge < -0.3 is 0 Å². The fraction of sp³-hybridized carbons (Fsp3) is 0.700. The Labute approximate surface area is 74.8 Å². The Morgan fingerprint density at radius 3 is 2.25 bits per heavy atom. The van der Waals surface area contributed by atoms with Crippen LogP contribution in [0.2, 0.25) is 0 Å². The molecule has 1 rings (SSSR count). The maximum atomic E-state index is 2.30. The first-order valence-electron chi connectivity index (χ1n) is 4.66. The molecule has 0 radical (unpaired) electrons. The summed E-state index contributed by atoms with van der Waals surface area (Å²) in [4.78, 5) is 0. The molecule has 0 spiro atoms. The molecule has 2 nitrogen and oxygen atoms in total. The molecule has 0 fully saturated rings. The Balaban J connectivity index is 2.94. The largest absolute Gasteiger partial charge is 0.243 e. The molecule has 0 aliphatic carbocycles. The lowest BCUT2D eigenvalue weighted by Gasteiger charge is -2.22. The summed E-state index contributed by atoms with van der Waals surface area (Å²) < 4.78 is 4.39. The van der Waals surface area contributed by atoms with Crippen molar-refractivity contribution in [3.63, 3.8) is 0 Å². The van der Waals surface area contributed by atoms with Gasteiger partial charge in [0, 0.05) is 0 Å². The summed E-state index contributed by atoms with van der Waals surface area (Å²) in [7, 11) is 2.06. The van der Waals surface area contributed by atoms with Gasteiger partial charge in [-0.1, -0.05) is 13.8 Å². The van der Waals surface area contributed by atoms with E-state index in [1.807, 2.05) is 0 Å². The van der Waals surface area contributed by atoms with Crippen LogP contribution in [-0.2, 0) is 12.6 Å². The molecule has 0 aliphatic rings. The van der Waals surface area contributed by atoms with E-state index in [1.165, 1.54) is 12.8 Å². The van der Waals surface area contributed by atoms with Crippen LogP contribution in [0.25, 0.3) is 0 Å². The second-order valence-electron chi connectivity index (χ2n) is 3.69. The van der Waals surface area contributed by atoms with Gasteiger partial charge in [0.2, 0.25) is 6.33 Å². The van der Waals surface area contributed by atoms with Gasteiger partial charge in [-0.15, -0.1) is 0 Å². The Hall–Kier alpha value is -0.790. The minimum absolute atomic E-state index is 0.293. The zero-order valence-corrected chi connectivity index (χ0v) is 8.54. The summed E-state index contributed by atoms with van der Waals surface area (Å²) in [5.41, 5.74) is 0.293. The van der Waals surface area contributed by atoms with Gasteiger partial charge in [0.05, 0.1) is 7.05 Å². The van der Waals surface area contributed by atoms with Crippen molar-refractivity contribution in [2.24, 2.45) is 7.05 Å². The first-order valence-corrected chi connectivity index (χ1v) is 4.66. The van der Waals surface area contributed by atoms with Crippen molar-refractivity contribution in [2.75, 3.05) is 0 Å². The van der Waals surface area contributed by atoms with Gasteiger partial charge in [-0.05, 0) is 19.8 Å². The second-order valence-corrected chi connectivity index (χ2v) is 3.69. The van der Waals surface area contributed by atoms with Crippen LogP contribution in [0.5, 0.6) is 0 Å². The van der Waals surface area contributed by atoms with Crippen LogP contribution >= 0.6 is 0 Å². The number of aromatic nitrogens is 2. The highest BCUT2D eigenvalue weighted by Gasteiger charge is 2.26. The molecule has 0 N–H and O–H groups in total. The minimum Gasteiger partial charge on any atom is -0.240 e. The number of hydrogen-bond donors (Lipinski definition) is 0. The molecule has 0 unspecified atom stereocenters. The average molecular weight is 167 g/mol. The van der Waals surface area contributed by atoms with Crippen molar-refractivity contribution < 1.29 is 4.57 Å². The van der Waals surface area contributed by atoms with E-state index >= 15 is 0 Å². The van der Waals surface area contributed by atoms with E-state index < -0.39 is 0 Å². The molecule has 0 amide bonds. The number of hydrogen-bond acceptors (Lipinski definition) is 0. The number of aryl methyl sites for hydroxylation is 1. The SMILES string of the molecule is CCC(C)(CC)n1cc[n+](C)c1. The van der Waals surface area contributed by atoms with E-state index in [0.717, 1.165) is 0 Å². The smallest absolute Gasteiger partial charge is 0.240 e. The number of imidazole rings is 1. The van der Waals surface area contributed by atoms with Gasteiger partial charge in [-0.2, -0.15) is 0 Å². The van der Waals surface area contributed by atoms with E-state index in [4.69, 9.17) is 0 Å². The quantitative estimate of drug-likeness (QED) is 0.607. The molecule has 0 aliphatic heterocycles. The van der Waals surface area contributed by atoms with Gasteiger partial charge in [0.15, 0.2) is 0 Å². The normalized spacial score (nSPS) is 12.0. The molecule has 0 saturated heterocycles. The molecule has 1 heterocycles. The lowest BCUT2D eigenvalue weighted by atomic mass is 9.95. The molecular weight excluding hydrogens is 148 g/mol. The maximum absolute atomic E-state index is 2.30. The first kappa shape index (κ1) is 9.30. The standard InChI is InChI=1S/C10H19N2/c1-5-10(3,6-2)12-8-7-11(4)9-12/h7-9H,5-6H2,1-4H3/q+1. The molecule has 0 bridgehead atoms. The molecular formula is C10H19N2+. The maximum Gasteiger partial charge on any atom is 0.243 e. The topological polar surface area (TPSA) is 8.81 Å². The van der Waals surface area contributed by atoms with Gasteiger partial charge in [-0.25, -0.2) is 9.13 Å². The zero-order chi connectivity index (χ0) is 9.19. The summed E-state index contributed by atoms with van der Waals surface area (Å²) in [6.45, 7) is 6.78. The van der Waals surface area contributed by atoms with Gasteiger partial charge in [0.25, 0.3) is 0 Å². The third kappa shape index (κ3) is 1.52. The summed E-state index contributed by atoms with van der Waals surface area (Å²) in [6, 6.07) is 0. The summed E-state index contributed by atoms with van der Waals surface area (Å²) >= 11 is 0. The fourth-order valence-electron chi connectivity index (χ4n) is 1.38. The average Bonchev–Trinajstić information content (AvgIpc) is 2.51. The van der Waals surface area contributed by atoms with Crippen LogP contribution in [-0.4, -0.2) is 4.57 Å². The third-order valence-electron chi connectivity index (χ3n) is 2.92. The van der Waals surface area contributed by atoms with Crippen LogP contribution in [0.15, 0.2) is 18.7 Å². The second kappa shape index (κ2) is 3.30. The van der Waals surface area contributed by atoms with Crippen LogP contribution < -0.4 is 4.57 Å². The summed E-state index contributed by atoms with van der Waals surface area (Å²) in [6.07, 6.45) is 8.74.